The van der Waals surface area contributed by atoms with Crippen molar-refractivity contribution in [2.45, 2.75) is 38.2 Å². The molecule has 8 heteroatoms. The number of nitrogens with two attached hydrogens (primary N) is 1. The molecule has 2 unspecified atom stereocenters. The maximum Gasteiger partial charge on any atom is 0.235 e. The first kappa shape index (κ1) is 20.9. The fourth-order valence-corrected chi connectivity index (χ4v) is 5.27. The first-order chi connectivity index (χ1) is 14.6. The van der Waals surface area contributed by atoms with E-state index in [4.69, 9.17) is 5.73 Å². The Bertz CT molecular complexity index is 1120. The highest BCUT2D eigenvalue weighted by Crippen LogP contribution is 2.50. The molecule has 3 aliphatic rings. The van der Waals surface area contributed by atoms with E-state index < -0.39 is 58.3 Å². The minimum absolute atomic E-state index is 0.0367. The first-order valence-electron chi connectivity index (χ1n) is 10.1. The fourth-order valence-electron chi connectivity index (χ4n) is 5.27. The molecule has 1 amide bonds. The normalized spacial score (nSPS) is 31.8. The minimum atomic E-state index is -2.63. The van der Waals surface area contributed by atoms with Crippen LogP contribution in [0.3, 0.4) is 0 Å². The molecule has 1 aromatic carbocycles. The monoisotopic (exact) mass is 423 g/mol. The van der Waals surface area contributed by atoms with Crippen LogP contribution in [-0.4, -0.2) is 44.9 Å². The van der Waals surface area contributed by atoms with E-state index in [0.717, 1.165) is 0 Å². The highest BCUT2D eigenvalue weighted by atomic mass is 16.3. The lowest BCUT2D eigenvalue weighted by Crippen LogP contribution is -2.68. The number of amides is 1. The Morgan fingerprint density at radius 1 is 1.19 bits per heavy atom. The van der Waals surface area contributed by atoms with Crippen LogP contribution in [0.2, 0.25) is 0 Å². The van der Waals surface area contributed by atoms with E-state index in [1.54, 1.807) is 6.07 Å². The topological polar surface area (TPSA) is 152 Å². The average molecular weight is 423 g/mol. The number of hydrogen-bond donors (Lipinski definition) is 3. The number of carbonyl (C=O) groups is 5. The summed E-state index contributed by atoms with van der Waals surface area (Å²) in [7, 11) is 0. The van der Waals surface area contributed by atoms with E-state index in [1.165, 1.54) is 6.07 Å². The van der Waals surface area contributed by atoms with Gasteiger partial charge in [0.15, 0.2) is 34.7 Å². The number of aromatic hydroxyl groups is 1. The molecule has 0 spiro atoms. The van der Waals surface area contributed by atoms with Crippen LogP contribution in [0.15, 0.2) is 12.1 Å². The second-order valence-corrected chi connectivity index (χ2v) is 8.38. The number of ketones is 4. The summed E-state index contributed by atoms with van der Waals surface area (Å²) in [5.74, 6) is -4.21. The van der Waals surface area contributed by atoms with Crippen molar-refractivity contribution in [3.05, 3.63) is 28.8 Å². The lowest BCUT2D eigenvalue weighted by Gasteiger charge is -2.48. The van der Waals surface area contributed by atoms with Crippen molar-refractivity contribution in [2.75, 3.05) is 0 Å². The number of rotatable bonds is 1. The highest BCUT2D eigenvalue weighted by molar-refractivity contribution is 6.31. The van der Waals surface area contributed by atoms with E-state index in [2.05, 4.69) is 11.8 Å². The van der Waals surface area contributed by atoms with Gasteiger partial charge in [0.1, 0.15) is 5.75 Å². The first-order valence-corrected chi connectivity index (χ1v) is 10.1. The zero-order valence-corrected chi connectivity index (χ0v) is 16.8. The van der Waals surface area contributed by atoms with Gasteiger partial charge in [0.2, 0.25) is 5.91 Å². The molecule has 8 nitrogen and oxygen atoms in total. The second kappa shape index (κ2) is 7.13. The van der Waals surface area contributed by atoms with Crippen LogP contribution in [0, 0.1) is 35.5 Å². The second-order valence-electron chi connectivity index (χ2n) is 8.38. The fraction of sp³-hybridized carbons (Fsp3) is 0.435. The standard InChI is InChI=1S/C23H21NO7/c1-2-3-4-10-5-6-14(25)17-13(10)8-11-7-12-9-15(26)18(22(24)30)21(29)23(12,31)20(28)16(11)19(17)27/h5-6,11-12,16,18,25,31H,2,7-9H2,1H3,(H2,24,30)/t11-,12+,16?,18?,23+/m1/s1. The molecule has 5 atom stereocenters. The third-order valence-electron chi connectivity index (χ3n) is 6.69. The van der Waals surface area contributed by atoms with E-state index in [0.29, 0.717) is 17.5 Å². The molecule has 3 aliphatic carbocycles. The van der Waals surface area contributed by atoms with E-state index in [9.17, 15) is 34.2 Å². The summed E-state index contributed by atoms with van der Waals surface area (Å²) in [4.78, 5) is 63.4. The van der Waals surface area contributed by atoms with Crippen molar-refractivity contribution in [3.8, 4) is 17.6 Å². The Morgan fingerprint density at radius 3 is 2.55 bits per heavy atom. The highest BCUT2D eigenvalue weighted by Gasteiger charge is 2.66. The SMILES string of the molecule is CCC#Cc1ccc(O)c2c1C[C@H]1C[C@H]3CC(=O)C(C(N)=O)C(=O)[C@@]3(O)C(=O)C1C2=O. The third kappa shape index (κ3) is 2.84. The van der Waals surface area contributed by atoms with E-state index in [-0.39, 0.29) is 30.6 Å². The molecule has 0 heterocycles. The van der Waals surface area contributed by atoms with Crippen LogP contribution in [-0.2, 0) is 25.6 Å². The van der Waals surface area contributed by atoms with Crippen LogP contribution < -0.4 is 5.73 Å². The molecule has 31 heavy (non-hydrogen) atoms. The van der Waals surface area contributed by atoms with Crippen molar-refractivity contribution in [1.29, 1.82) is 0 Å². The van der Waals surface area contributed by atoms with Gasteiger partial charge >= 0.3 is 0 Å². The average Bonchev–Trinajstić information content (AvgIpc) is 2.70. The van der Waals surface area contributed by atoms with Crippen LogP contribution in [0.5, 0.6) is 5.75 Å². The number of carbonyl (C=O) groups excluding carboxylic acids is 5. The van der Waals surface area contributed by atoms with Gasteiger partial charge < -0.3 is 15.9 Å². The smallest absolute Gasteiger partial charge is 0.235 e. The predicted molar refractivity (Wildman–Crippen MR) is 106 cm³/mol. The quantitative estimate of drug-likeness (QED) is 0.427. The lowest BCUT2D eigenvalue weighted by molar-refractivity contribution is -0.175. The Morgan fingerprint density at radius 2 is 1.90 bits per heavy atom. The molecule has 1 aromatic rings. The number of phenols is 1. The van der Waals surface area contributed by atoms with E-state index >= 15 is 0 Å². The van der Waals surface area contributed by atoms with Crippen molar-refractivity contribution < 1.29 is 34.2 Å². The summed E-state index contributed by atoms with van der Waals surface area (Å²) in [6, 6.07) is 2.94. The van der Waals surface area contributed by atoms with Crippen LogP contribution in [0.1, 0.15) is 47.7 Å². The molecule has 160 valence electrons. The van der Waals surface area contributed by atoms with Gasteiger partial charge in [0.25, 0.3) is 0 Å². The molecular formula is C23H21NO7. The zero-order valence-electron chi connectivity index (χ0n) is 16.8. The zero-order chi connectivity index (χ0) is 22.7. The van der Waals surface area contributed by atoms with Gasteiger partial charge in [-0.15, -0.1) is 0 Å². The number of primary amides is 1. The number of benzene rings is 1. The van der Waals surface area contributed by atoms with E-state index in [1.807, 2.05) is 6.92 Å². The minimum Gasteiger partial charge on any atom is -0.507 e. The van der Waals surface area contributed by atoms with Gasteiger partial charge in [-0.3, -0.25) is 24.0 Å². The summed E-state index contributed by atoms with van der Waals surface area (Å²) < 4.78 is 0. The molecule has 2 saturated carbocycles. The lowest BCUT2D eigenvalue weighted by atomic mass is 9.53. The third-order valence-corrected chi connectivity index (χ3v) is 6.69. The van der Waals surface area contributed by atoms with Crippen molar-refractivity contribution in [2.24, 2.45) is 29.4 Å². The molecular weight excluding hydrogens is 402 g/mol. The largest absolute Gasteiger partial charge is 0.507 e. The molecule has 0 saturated heterocycles. The number of fused-ring (bicyclic) bond motifs is 3. The van der Waals surface area contributed by atoms with Crippen molar-refractivity contribution in [1.82, 2.24) is 0 Å². The number of hydrogen-bond acceptors (Lipinski definition) is 7. The molecule has 0 radical (unpaired) electrons. The van der Waals surface area contributed by atoms with Gasteiger partial charge in [-0.2, -0.15) is 0 Å². The van der Waals surface area contributed by atoms with Crippen LogP contribution in [0.4, 0.5) is 0 Å². The molecule has 4 rings (SSSR count). The van der Waals surface area contributed by atoms with Gasteiger partial charge in [-0.1, -0.05) is 18.8 Å². The van der Waals surface area contributed by atoms with Crippen molar-refractivity contribution >= 4 is 29.0 Å². The molecule has 4 N–H and O–H groups in total. The Labute approximate surface area is 177 Å². The van der Waals surface area contributed by atoms with Crippen molar-refractivity contribution in [3.63, 3.8) is 0 Å². The summed E-state index contributed by atoms with van der Waals surface area (Å²) in [5, 5.41) is 21.4. The van der Waals surface area contributed by atoms with Gasteiger partial charge in [-0.05, 0) is 36.5 Å². The summed E-state index contributed by atoms with van der Waals surface area (Å²) in [5.41, 5.74) is 3.58. The maximum atomic E-state index is 13.3. The Kier molecular flexibility index (Phi) is 4.82. The van der Waals surface area contributed by atoms with Gasteiger partial charge in [0.05, 0.1) is 11.5 Å². The molecule has 0 aromatic heterocycles. The van der Waals surface area contributed by atoms with Gasteiger partial charge in [-0.25, -0.2) is 0 Å². The number of aliphatic hydroxyl groups is 1. The molecule has 0 aliphatic heterocycles. The number of phenolic OH excluding ortho intramolecular Hbond substituents is 1. The summed E-state index contributed by atoms with van der Waals surface area (Å²) in [6.07, 6.45) is 0.536. The summed E-state index contributed by atoms with van der Waals surface area (Å²) in [6.45, 7) is 1.87. The van der Waals surface area contributed by atoms with Crippen LogP contribution >= 0.6 is 0 Å². The Balaban J connectivity index is 1.82. The maximum absolute atomic E-state index is 13.3. The summed E-state index contributed by atoms with van der Waals surface area (Å²) >= 11 is 0. The van der Waals surface area contributed by atoms with Gasteiger partial charge in [0, 0.05) is 24.3 Å². The molecule has 2 fully saturated rings. The van der Waals surface area contributed by atoms with Crippen LogP contribution in [0.25, 0.3) is 0 Å². The Hall–Kier alpha value is -3.31. The number of Topliss-reactive ketones (excluding diaryl/α,β-unsaturated/α-hetero) is 4. The predicted octanol–water partition coefficient (Wildman–Crippen LogP) is 0.0884. The molecule has 0 bridgehead atoms.